The standard InChI is InChI=1S/C15H30FNO/c1-8-9-15(10-16,11(2)3)14(18)17(12(4)5)13(6)7/h11-13H,8-10H2,1-7H3. The summed E-state index contributed by atoms with van der Waals surface area (Å²) in [6.07, 6.45) is 1.45. The molecule has 0 aliphatic carbocycles. The lowest BCUT2D eigenvalue weighted by molar-refractivity contribution is -0.151. The topological polar surface area (TPSA) is 20.3 Å². The second-order valence-electron chi connectivity index (χ2n) is 6.09. The molecule has 0 N–H and O–H groups in total. The van der Waals surface area contributed by atoms with Gasteiger partial charge in [0, 0.05) is 12.1 Å². The van der Waals surface area contributed by atoms with Crippen molar-refractivity contribution in [2.45, 2.75) is 73.4 Å². The summed E-state index contributed by atoms with van der Waals surface area (Å²) in [7, 11) is 0. The maximum atomic E-state index is 13.6. The minimum Gasteiger partial charge on any atom is -0.337 e. The van der Waals surface area contributed by atoms with Gasteiger partial charge in [0.15, 0.2) is 0 Å². The highest BCUT2D eigenvalue weighted by Gasteiger charge is 2.44. The van der Waals surface area contributed by atoms with Crippen molar-refractivity contribution in [1.29, 1.82) is 0 Å². The lowest BCUT2D eigenvalue weighted by atomic mass is 9.73. The summed E-state index contributed by atoms with van der Waals surface area (Å²) in [5.74, 6) is 0.00167. The van der Waals surface area contributed by atoms with Gasteiger partial charge in [-0.2, -0.15) is 0 Å². The molecule has 0 aromatic heterocycles. The summed E-state index contributed by atoms with van der Waals surface area (Å²) in [6, 6.07) is 0.220. The monoisotopic (exact) mass is 259 g/mol. The summed E-state index contributed by atoms with van der Waals surface area (Å²) in [4.78, 5) is 14.6. The van der Waals surface area contributed by atoms with E-state index in [0.717, 1.165) is 6.42 Å². The largest absolute Gasteiger partial charge is 0.337 e. The molecule has 3 heteroatoms. The highest BCUT2D eigenvalue weighted by Crippen LogP contribution is 2.37. The van der Waals surface area contributed by atoms with Gasteiger partial charge in [-0.25, -0.2) is 4.39 Å². The molecule has 0 saturated heterocycles. The first-order valence-electron chi connectivity index (χ1n) is 7.13. The van der Waals surface area contributed by atoms with Gasteiger partial charge in [-0.1, -0.05) is 27.2 Å². The number of nitrogens with zero attached hydrogens (tertiary/aromatic N) is 1. The first-order valence-corrected chi connectivity index (χ1v) is 7.13. The summed E-state index contributed by atoms with van der Waals surface area (Å²) in [5.41, 5.74) is -0.844. The second kappa shape index (κ2) is 7.10. The van der Waals surface area contributed by atoms with Crippen LogP contribution >= 0.6 is 0 Å². The van der Waals surface area contributed by atoms with Crippen molar-refractivity contribution in [3.8, 4) is 0 Å². The summed E-state index contributed by atoms with van der Waals surface area (Å²) >= 11 is 0. The smallest absolute Gasteiger partial charge is 0.232 e. The van der Waals surface area contributed by atoms with Gasteiger partial charge < -0.3 is 4.90 Å². The quantitative estimate of drug-likeness (QED) is 0.675. The van der Waals surface area contributed by atoms with Gasteiger partial charge in [-0.05, 0) is 40.0 Å². The number of amides is 1. The number of carbonyl (C=O) groups excluding carboxylic acids is 1. The molecule has 2 nitrogen and oxygen atoms in total. The van der Waals surface area contributed by atoms with Crippen molar-refractivity contribution in [1.82, 2.24) is 4.90 Å². The Morgan fingerprint density at radius 1 is 1.11 bits per heavy atom. The fraction of sp³-hybridized carbons (Fsp3) is 0.933. The van der Waals surface area contributed by atoms with Crippen molar-refractivity contribution in [2.75, 3.05) is 6.67 Å². The van der Waals surface area contributed by atoms with Crippen LogP contribution < -0.4 is 0 Å². The van der Waals surface area contributed by atoms with Gasteiger partial charge >= 0.3 is 0 Å². The molecule has 0 aliphatic rings. The fourth-order valence-electron chi connectivity index (χ4n) is 2.69. The molecule has 18 heavy (non-hydrogen) atoms. The van der Waals surface area contributed by atoms with Gasteiger partial charge in [0.25, 0.3) is 0 Å². The Morgan fingerprint density at radius 2 is 1.56 bits per heavy atom. The third-order valence-electron chi connectivity index (χ3n) is 3.81. The average molecular weight is 259 g/mol. The highest BCUT2D eigenvalue weighted by atomic mass is 19.1. The van der Waals surface area contributed by atoms with Crippen LogP contribution in [-0.2, 0) is 4.79 Å². The van der Waals surface area contributed by atoms with E-state index in [-0.39, 0.29) is 23.9 Å². The number of rotatable bonds is 7. The zero-order valence-electron chi connectivity index (χ0n) is 13.1. The van der Waals surface area contributed by atoms with E-state index in [1.807, 2.05) is 53.4 Å². The minimum atomic E-state index is -0.844. The molecular weight excluding hydrogens is 229 g/mol. The Bertz CT molecular complexity index is 255. The van der Waals surface area contributed by atoms with Gasteiger partial charge in [0.05, 0.1) is 5.41 Å². The molecule has 0 aromatic carbocycles. The Morgan fingerprint density at radius 3 is 1.78 bits per heavy atom. The number of hydrogen-bond acceptors (Lipinski definition) is 1. The Hall–Kier alpha value is -0.600. The van der Waals surface area contributed by atoms with Crippen LogP contribution in [0.15, 0.2) is 0 Å². The summed E-state index contributed by atoms with van der Waals surface area (Å²) < 4.78 is 13.6. The normalized spacial score (nSPS) is 15.3. The minimum absolute atomic E-state index is 0.0214. The third kappa shape index (κ3) is 3.46. The fourth-order valence-corrected chi connectivity index (χ4v) is 2.69. The molecule has 0 aliphatic heterocycles. The number of halogens is 1. The van der Waals surface area contributed by atoms with E-state index in [1.165, 1.54) is 0 Å². The van der Waals surface area contributed by atoms with Crippen LogP contribution in [0.4, 0.5) is 4.39 Å². The molecule has 0 saturated carbocycles. The number of alkyl halides is 1. The van der Waals surface area contributed by atoms with E-state index < -0.39 is 12.1 Å². The van der Waals surface area contributed by atoms with E-state index >= 15 is 0 Å². The molecule has 1 atom stereocenters. The lowest BCUT2D eigenvalue weighted by Crippen LogP contribution is -2.53. The van der Waals surface area contributed by atoms with Crippen molar-refractivity contribution >= 4 is 5.91 Å². The van der Waals surface area contributed by atoms with E-state index in [1.54, 1.807) is 0 Å². The van der Waals surface area contributed by atoms with Crippen LogP contribution in [0.25, 0.3) is 0 Å². The molecule has 0 aromatic rings. The molecule has 0 heterocycles. The average Bonchev–Trinajstić information content (AvgIpc) is 2.24. The van der Waals surface area contributed by atoms with Gasteiger partial charge in [-0.15, -0.1) is 0 Å². The number of carbonyl (C=O) groups is 1. The maximum absolute atomic E-state index is 13.6. The van der Waals surface area contributed by atoms with Gasteiger partial charge in [-0.3, -0.25) is 4.79 Å². The Balaban J connectivity index is 5.40. The molecule has 0 fully saturated rings. The predicted octanol–water partition coefficient (Wildman–Crippen LogP) is 4.04. The number of hydrogen-bond donors (Lipinski definition) is 0. The van der Waals surface area contributed by atoms with E-state index in [4.69, 9.17) is 0 Å². The SMILES string of the molecule is CCCC(CF)(C(=O)N(C(C)C)C(C)C)C(C)C. The van der Waals surface area contributed by atoms with Crippen LogP contribution in [0.3, 0.4) is 0 Å². The molecular formula is C15H30FNO. The molecule has 0 spiro atoms. The van der Waals surface area contributed by atoms with Crippen LogP contribution in [0.2, 0.25) is 0 Å². The van der Waals surface area contributed by atoms with Crippen molar-refractivity contribution in [2.24, 2.45) is 11.3 Å². The van der Waals surface area contributed by atoms with Crippen molar-refractivity contribution in [3.63, 3.8) is 0 Å². The van der Waals surface area contributed by atoms with Gasteiger partial charge in [0.1, 0.15) is 6.67 Å². The van der Waals surface area contributed by atoms with Crippen LogP contribution in [0, 0.1) is 11.3 Å². The van der Waals surface area contributed by atoms with E-state index in [2.05, 4.69) is 0 Å². The van der Waals surface area contributed by atoms with Crippen molar-refractivity contribution in [3.05, 3.63) is 0 Å². The predicted molar refractivity (Wildman–Crippen MR) is 75.3 cm³/mol. The van der Waals surface area contributed by atoms with E-state index in [0.29, 0.717) is 6.42 Å². The third-order valence-corrected chi connectivity index (χ3v) is 3.81. The molecule has 0 radical (unpaired) electrons. The van der Waals surface area contributed by atoms with Crippen LogP contribution in [-0.4, -0.2) is 29.6 Å². The molecule has 108 valence electrons. The van der Waals surface area contributed by atoms with Crippen molar-refractivity contribution < 1.29 is 9.18 Å². The maximum Gasteiger partial charge on any atom is 0.232 e. The molecule has 0 rings (SSSR count). The van der Waals surface area contributed by atoms with Gasteiger partial charge in [0.2, 0.25) is 5.91 Å². The zero-order valence-corrected chi connectivity index (χ0v) is 13.1. The first kappa shape index (κ1) is 17.4. The molecule has 0 bridgehead atoms. The zero-order chi connectivity index (χ0) is 14.5. The summed E-state index contributed by atoms with van der Waals surface area (Å²) in [6.45, 7) is 13.3. The Kier molecular flexibility index (Phi) is 6.87. The first-order chi connectivity index (χ1) is 8.24. The molecule has 1 amide bonds. The summed E-state index contributed by atoms with van der Waals surface area (Å²) in [5, 5.41) is 0. The lowest BCUT2D eigenvalue weighted by Gasteiger charge is -2.42. The highest BCUT2D eigenvalue weighted by molar-refractivity contribution is 5.83. The Labute approximate surface area is 112 Å². The van der Waals surface area contributed by atoms with Crippen LogP contribution in [0.5, 0.6) is 0 Å². The van der Waals surface area contributed by atoms with Crippen LogP contribution in [0.1, 0.15) is 61.3 Å². The molecule has 1 unspecified atom stereocenters. The second-order valence-corrected chi connectivity index (χ2v) is 6.09. The van der Waals surface area contributed by atoms with E-state index in [9.17, 15) is 9.18 Å².